The van der Waals surface area contributed by atoms with Gasteiger partial charge in [0.2, 0.25) is 0 Å². The Morgan fingerprint density at radius 2 is 1.65 bits per heavy atom. The molecule has 1 atom stereocenters. The number of hydrogen-bond donors (Lipinski definition) is 0. The van der Waals surface area contributed by atoms with Gasteiger partial charge in [0.15, 0.2) is 0 Å². The Balaban J connectivity index is 2.17. The van der Waals surface area contributed by atoms with Gasteiger partial charge < -0.3 is 0 Å². The Hall–Kier alpha value is -2.14. The van der Waals surface area contributed by atoms with E-state index in [4.69, 9.17) is 0 Å². The van der Waals surface area contributed by atoms with E-state index in [2.05, 4.69) is 6.07 Å². The van der Waals surface area contributed by atoms with Gasteiger partial charge in [0.1, 0.15) is 5.82 Å². The number of nitriles is 1. The SMILES string of the molecule is N#CC(Cc1ccc(F)cc1)c1ccccc1. The lowest BCUT2D eigenvalue weighted by Gasteiger charge is -2.09. The third-order valence-corrected chi connectivity index (χ3v) is 2.71. The second-order valence-electron chi connectivity index (χ2n) is 3.92. The van der Waals surface area contributed by atoms with Crippen molar-refractivity contribution in [2.24, 2.45) is 0 Å². The monoisotopic (exact) mass is 225 g/mol. The molecule has 0 fully saturated rings. The van der Waals surface area contributed by atoms with Gasteiger partial charge in [-0.25, -0.2) is 4.39 Å². The zero-order valence-corrected chi connectivity index (χ0v) is 9.31. The minimum Gasteiger partial charge on any atom is -0.207 e. The maximum Gasteiger partial charge on any atom is 0.123 e. The molecule has 0 aliphatic carbocycles. The van der Waals surface area contributed by atoms with E-state index in [1.807, 2.05) is 30.3 Å². The predicted octanol–water partition coefficient (Wildman–Crippen LogP) is 3.68. The van der Waals surface area contributed by atoms with Crippen LogP contribution in [0.1, 0.15) is 17.0 Å². The van der Waals surface area contributed by atoms with E-state index < -0.39 is 0 Å². The van der Waals surface area contributed by atoms with Crippen molar-refractivity contribution in [2.45, 2.75) is 12.3 Å². The third-order valence-electron chi connectivity index (χ3n) is 2.71. The summed E-state index contributed by atoms with van der Waals surface area (Å²) in [6.07, 6.45) is 0.612. The smallest absolute Gasteiger partial charge is 0.123 e. The van der Waals surface area contributed by atoms with E-state index in [9.17, 15) is 9.65 Å². The summed E-state index contributed by atoms with van der Waals surface area (Å²) in [5.74, 6) is -0.427. The first-order valence-electron chi connectivity index (χ1n) is 5.48. The minimum atomic E-state index is -0.248. The first-order valence-corrected chi connectivity index (χ1v) is 5.48. The molecule has 0 heterocycles. The Labute approximate surface area is 100 Å². The quantitative estimate of drug-likeness (QED) is 0.781. The average molecular weight is 225 g/mol. The largest absolute Gasteiger partial charge is 0.207 e. The van der Waals surface area contributed by atoms with Crippen LogP contribution < -0.4 is 0 Å². The molecule has 0 aromatic heterocycles. The van der Waals surface area contributed by atoms with E-state index in [1.54, 1.807) is 12.1 Å². The summed E-state index contributed by atoms with van der Waals surface area (Å²) in [6, 6.07) is 18.2. The van der Waals surface area contributed by atoms with Gasteiger partial charge in [-0.2, -0.15) is 5.26 Å². The highest BCUT2D eigenvalue weighted by Crippen LogP contribution is 2.20. The van der Waals surface area contributed by atoms with Gasteiger partial charge in [-0.15, -0.1) is 0 Å². The number of rotatable bonds is 3. The summed E-state index contributed by atoms with van der Waals surface area (Å²) < 4.78 is 12.8. The lowest BCUT2D eigenvalue weighted by Crippen LogP contribution is -2.00. The Kier molecular flexibility index (Phi) is 3.52. The van der Waals surface area contributed by atoms with Gasteiger partial charge in [0, 0.05) is 0 Å². The van der Waals surface area contributed by atoms with Crippen LogP contribution >= 0.6 is 0 Å². The van der Waals surface area contributed by atoms with Crippen molar-refractivity contribution in [2.75, 3.05) is 0 Å². The van der Waals surface area contributed by atoms with Crippen LogP contribution in [0, 0.1) is 17.1 Å². The molecule has 0 amide bonds. The van der Waals surface area contributed by atoms with Crippen LogP contribution in [0.15, 0.2) is 54.6 Å². The van der Waals surface area contributed by atoms with E-state index in [1.165, 1.54) is 12.1 Å². The molecule has 2 aromatic rings. The molecule has 0 radical (unpaired) electrons. The number of benzene rings is 2. The fourth-order valence-electron chi connectivity index (χ4n) is 1.78. The van der Waals surface area contributed by atoms with Gasteiger partial charge >= 0.3 is 0 Å². The first kappa shape index (κ1) is 11.3. The molecule has 0 aliphatic heterocycles. The molecule has 1 nitrogen and oxygen atoms in total. The van der Waals surface area contributed by atoms with Crippen molar-refractivity contribution in [3.63, 3.8) is 0 Å². The molecule has 0 aliphatic rings. The Morgan fingerprint density at radius 1 is 1.00 bits per heavy atom. The lowest BCUT2D eigenvalue weighted by atomic mass is 9.93. The lowest BCUT2D eigenvalue weighted by molar-refractivity contribution is 0.626. The standard InChI is InChI=1S/C15H12FN/c16-15-8-6-12(7-9-15)10-14(11-17)13-4-2-1-3-5-13/h1-9,14H,10H2. The molecule has 1 unspecified atom stereocenters. The molecule has 84 valence electrons. The van der Waals surface area contributed by atoms with Gasteiger partial charge in [-0.1, -0.05) is 42.5 Å². The zero-order chi connectivity index (χ0) is 12.1. The molecule has 2 rings (SSSR count). The fourth-order valence-corrected chi connectivity index (χ4v) is 1.78. The van der Waals surface area contributed by atoms with Crippen molar-refractivity contribution in [3.8, 4) is 6.07 Å². The third kappa shape index (κ3) is 2.92. The zero-order valence-electron chi connectivity index (χ0n) is 9.31. The molecule has 0 N–H and O–H groups in total. The highest BCUT2D eigenvalue weighted by Gasteiger charge is 2.10. The van der Waals surface area contributed by atoms with Crippen LogP contribution in [-0.4, -0.2) is 0 Å². The van der Waals surface area contributed by atoms with Crippen molar-refractivity contribution in [1.29, 1.82) is 5.26 Å². The summed E-state index contributed by atoms with van der Waals surface area (Å²) in [4.78, 5) is 0. The molecule has 17 heavy (non-hydrogen) atoms. The van der Waals surface area contributed by atoms with Crippen LogP contribution in [0.3, 0.4) is 0 Å². The summed E-state index contributed by atoms with van der Waals surface area (Å²) in [5.41, 5.74) is 1.97. The van der Waals surface area contributed by atoms with Crippen LogP contribution in [0.5, 0.6) is 0 Å². The van der Waals surface area contributed by atoms with Crippen molar-refractivity contribution in [3.05, 3.63) is 71.5 Å². The molecule has 0 saturated heterocycles. The predicted molar refractivity (Wildman–Crippen MR) is 64.9 cm³/mol. The molecule has 0 saturated carbocycles. The highest BCUT2D eigenvalue weighted by atomic mass is 19.1. The summed E-state index contributed by atoms with van der Waals surface area (Å²) in [5, 5.41) is 9.17. The van der Waals surface area contributed by atoms with Gasteiger partial charge in [-0.3, -0.25) is 0 Å². The van der Waals surface area contributed by atoms with Crippen molar-refractivity contribution in [1.82, 2.24) is 0 Å². The molecule has 2 aromatic carbocycles. The van der Waals surface area contributed by atoms with Crippen LogP contribution in [0.4, 0.5) is 4.39 Å². The maximum absolute atomic E-state index is 12.8. The van der Waals surface area contributed by atoms with E-state index in [0.717, 1.165) is 11.1 Å². The second kappa shape index (κ2) is 5.27. The molecule has 0 spiro atoms. The second-order valence-corrected chi connectivity index (χ2v) is 3.92. The van der Waals surface area contributed by atoms with E-state index in [-0.39, 0.29) is 11.7 Å². The molecule has 2 heteroatoms. The number of nitrogens with zero attached hydrogens (tertiary/aromatic N) is 1. The van der Waals surface area contributed by atoms with E-state index in [0.29, 0.717) is 6.42 Å². The van der Waals surface area contributed by atoms with Gasteiger partial charge in [0.05, 0.1) is 12.0 Å². The van der Waals surface area contributed by atoms with Crippen LogP contribution in [0.25, 0.3) is 0 Å². The normalized spacial score (nSPS) is 11.8. The Bertz CT molecular complexity index is 511. The number of halogens is 1. The van der Waals surface area contributed by atoms with Gasteiger partial charge in [0.25, 0.3) is 0 Å². The molecular formula is C15H12FN. The average Bonchev–Trinajstić information content (AvgIpc) is 2.39. The maximum atomic E-state index is 12.8. The Morgan fingerprint density at radius 3 is 2.24 bits per heavy atom. The summed E-state index contributed by atoms with van der Waals surface area (Å²) in [6.45, 7) is 0. The summed E-state index contributed by atoms with van der Waals surface area (Å²) >= 11 is 0. The van der Waals surface area contributed by atoms with Crippen LogP contribution in [0.2, 0.25) is 0 Å². The van der Waals surface area contributed by atoms with Gasteiger partial charge in [-0.05, 0) is 29.7 Å². The minimum absolute atomic E-state index is 0.179. The van der Waals surface area contributed by atoms with Crippen LogP contribution in [-0.2, 0) is 6.42 Å². The summed E-state index contributed by atoms with van der Waals surface area (Å²) in [7, 11) is 0. The van der Waals surface area contributed by atoms with E-state index >= 15 is 0 Å². The van der Waals surface area contributed by atoms with Crippen molar-refractivity contribution < 1.29 is 4.39 Å². The van der Waals surface area contributed by atoms with Crippen molar-refractivity contribution >= 4 is 0 Å². The first-order chi connectivity index (χ1) is 8.29. The topological polar surface area (TPSA) is 23.8 Å². The fraction of sp³-hybridized carbons (Fsp3) is 0.133. The molecule has 0 bridgehead atoms. The number of hydrogen-bond acceptors (Lipinski definition) is 1. The highest BCUT2D eigenvalue weighted by molar-refractivity contribution is 5.28. The molecular weight excluding hydrogens is 213 g/mol.